The van der Waals surface area contributed by atoms with Crippen molar-refractivity contribution in [2.75, 3.05) is 6.26 Å². The van der Waals surface area contributed by atoms with Crippen LogP contribution in [-0.4, -0.2) is 28.4 Å². The smallest absolute Gasteiger partial charge is 0.284 e. The molecule has 0 unspecified atom stereocenters. The number of nitro groups is 1. The van der Waals surface area contributed by atoms with Crippen molar-refractivity contribution in [3.8, 4) is 0 Å². The van der Waals surface area contributed by atoms with Crippen LogP contribution in [0.5, 0.6) is 0 Å². The number of rotatable bonds is 4. The van der Waals surface area contributed by atoms with Gasteiger partial charge in [-0.05, 0) is 60.0 Å². The van der Waals surface area contributed by atoms with Gasteiger partial charge in [0.05, 0.1) is 9.40 Å². The molecule has 1 aliphatic carbocycles. The van der Waals surface area contributed by atoms with Crippen LogP contribution in [-0.2, 0) is 0 Å². The van der Waals surface area contributed by atoms with Crippen LogP contribution in [0.2, 0.25) is 0 Å². The maximum atomic E-state index is 12.2. The van der Waals surface area contributed by atoms with Crippen LogP contribution in [0.25, 0.3) is 0 Å². The van der Waals surface area contributed by atoms with E-state index >= 15 is 0 Å². The van der Waals surface area contributed by atoms with Crippen molar-refractivity contribution in [3.63, 3.8) is 0 Å². The van der Waals surface area contributed by atoms with Crippen LogP contribution in [0.1, 0.15) is 36.0 Å². The number of nitro benzene ring substituents is 1. The van der Waals surface area contributed by atoms with Crippen LogP contribution in [0.4, 0.5) is 5.69 Å². The highest BCUT2D eigenvalue weighted by atomic mass is 79.9. The molecule has 0 aromatic heterocycles. The van der Waals surface area contributed by atoms with Gasteiger partial charge in [0.15, 0.2) is 0 Å². The van der Waals surface area contributed by atoms with Crippen molar-refractivity contribution in [3.05, 3.63) is 38.3 Å². The Labute approximate surface area is 136 Å². The molecule has 1 saturated carbocycles. The molecule has 0 spiro atoms. The minimum absolute atomic E-state index is 0.0891. The third kappa shape index (κ3) is 4.20. The number of hydrogen-bond donors (Lipinski definition) is 1. The van der Waals surface area contributed by atoms with E-state index in [9.17, 15) is 14.9 Å². The van der Waals surface area contributed by atoms with E-state index in [2.05, 4.69) is 27.5 Å². The van der Waals surface area contributed by atoms with Crippen molar-refractivity contribution in [1.29, 1.82) is 0 Å². The van der Waals surface area contributed by atoms with Crippen molar-refractivity contribution in [2.45, 2.75) is 37.0 Å². The molecule has 5 nitrogen and oxygen atoms in total. The standard InChI is InChI=1S/C14H17BrN2O3S/c1-21-11-5-3-10(4-6-11)16-14(18)9-2-7-12(15)13(8-9)17(19)20/h2,7-8,10-11H,3-6H2,1H3,(H,16,18). The minimum atomic E-state index is -0.495. The average Bonchev–Trinajstić information content (AvgIpc) is 2.48. The third-order valence-electron chi connectivity index (χ3n) is 3.75. The number of amides is 1. The van der Waals surface area contributed by atoms with Crippen LogP contribution < -0.4 is 5.32 Å². The molecule has 1 aromatic rings. The lowest BCUT2D eigenvalue weighted by Crippen LogP contribution is -2.38. The zero-order valence-electron chi connectivity index (χ0n) is 11.7. The van der Waals surface area contributed by atoms with Crippen LogP contribution >= 0.6 is 27.7 Å². The quantitative estimate of drug-likeness (QED) is 0.644. The van der Waals surface area contributed by atoms with Gasteiger partial charge in [0.2, 0.25) is 0 Å². The molecule has 1 N–H and O–H groups in total. The van der Waals surface area contributed by atoms with E-state index in [-0.39, 0.29) is 17.6 Å². The van der Waals surface area contributed by atoms with E-state index in [1.54, 1.807) is 6.07 Å². The lowest BCUT2D eigenvalue weighted by molar-refractivity contribution is -0.385. The van der Waals surface area contributed by atoms with Gasteiger partial charge in [-0.3, -0.25) is 14.9 Å². The first-order valence-electron chi connectivity index (χ1n) is 6.79. The summed E-state index contributed by atoms with van der Waals surface area (Å²) in [6.45, 7) is 0. The molecule has 2 rings (SSSR count). The Kier molecular flexibility index (Phi) is 5.64. The number of nitrogens with zero attached hydrogens (tertiary/aromatic N) is 1. The van der Waals surface area contributed by atoms with Gasteiger partial charge < -0.3 is 5.32 Å². The molecule has 1 aliphatic rings. The second-order valence-electron chi connectivity index (χ2n) is 5.11. The van der Waals surface area contributed by atoms with Gasteiger partial charge >= 0.3 is 0 Å². The fraction of sp³-hybridized carbons (Fsp3) is 0.500. The highest BCUT2D eigenvalue weighted by molar-refractivity contribution is 9.10. The lowest BCUT2D eigenvalue weighted by atomic mass is 9.94. The fourth-order valence-electron chi connectivity index (χ4n) is 2.51. The topological polar surface area (TPSA) is 72.2 Å². The summed E-state index contributed by atoms with van der Waals surface area (Å²) in [5, 5.41) is 14.6. The maximum Gasteiger partial charge on any atom is 0.284 e. The first kappa shape index (κ1) is 16.3. The van der Waals surface area contributed by atoms with Gasteiger partial charge in [-0.2, -0.15) is 11.8 Å². The summed E-state index contributed by atoms with van der Waals surface area (Å²) in [6, 6.07) is 4.62. The SMILES string of the molecule is CSC1CCC(NC(=O)c2ccc(Br)c([N+](=O)[O-])c2)CC1. The molecule has 1 fully saturated rings. The number of halogens is 1. The molecule has 1 amide bonds. The highest BCUT2D eigenvalue weighted by Gasteiger charge is 2.23. The van der Waals surface area contributed by atoms with Gasteiger partial charge in [0.25, 0.3) is 11.6 Å². The Morgan fingerprint density at radius 2 is 2.05 bits per heavy atom. The molecular formula is C14H17BrN2O3S. The fourth-order valence-corrected chi connectivity index (χ4v) is 3.64. The Morgan fingerprint density at radius 3 is 2.62 bits per heavy atom. The van der Waals surface area contributed by atoms with Crippen molar-refractivity contribution in [2.24, 2.45) is 0 Å². The van der Waals surface area contributed by atoms with Gasteiger partial charge in [-0.1, -0.05) is 0 Å². The molecule has 0 atom stereocenters. The normalized spacial score (nSPS) is 21.8. The van der Waals surface area contributed by atoms with E-state index in [1.165, 1.54) is 12.1 Å². The summed E-state index contributed by atoms with van der Waals surface area (Å²) >= 11 is 4.99. The van der Waals surface area contributed by atoms with E-state index in [4.69, 9.17) is 0 Å². The minimum Gasteiger partial charge on any atom is -0.349 e. The number of nitrogens with one attached hydrogen (secondary N) is 1. The summed E-state index contributed by atoms with van der Waals surface area (Å²) in [7, 11) is 0. The number of hydrogen-bond acceptors (Lipinski definition) is 4. The summed E-state index contributed by atoms with van der Waals surface area (Å²) in [4.78, 5) is 22.6. The monoisotopic (exact) mass is 372 g/mol. The van der Waals surface area contributed by atoms with Crippen LogP contribution in [0.15, 0.2) is 22.7 Å². The number of thioether (sulfide) groups is 1. The van der Waals surface area contributed by atoms with Gasteiger partial charge in [0.1, 0.15) is 0 Å². The Hall–Kier alpha value is -1.08. The van der Waals surface area contributed by atoms with Gasteiger partial charge in [0, 0.05) is 22.9 Å². The number of carbonyl (C=O) groups excluding carboxylic acids is 1. The summed E-state index contributed by atoms with van der Waals surface area (Å²) in [5.74, 6) is -0.238. The van der Waals surface area contributed by atoms with E-state index in [0.29, 0.717) is 15.3 Å². The summed E-state index contributed by atoms with van der Waals surface area (Å²) < 4.78 is 0.379. The molecular weight excluding hydrogens is 356 g/mol. The second-order valence-corrected chi connectivity index (χ2v) is 7.10. The molecule has 1 aromatic carbocycles. The van der Waals surface area contributed by atoms with Crippen molar-refractivity contribution >= 4 is 39.3 Å². The molecule has 0 radical (unpaired) electrons. The predicted molar refractivity (Wildman–Crippen MR) is 87.8 cm³/mol. The van der Waals surface area contributed by atoms with Crippen molar-refractivity contribution in [1.82, 2.24) is 5.32 Å². The van der Waals surface area contributed by atoms with Gasteiger partial charge in [-0.25, -0.2) is 0 Å². The predicted octanol–water partition coefficient (Wildman–Crippen LogP) is 3.76. The molecule has 0 bridgehead atoms. The lowest BCUT2D eigenvalue weighted by Gasteiger charge is -2.28. The molecule has 21 heavy (non-hydrogen) atoms. The average molecular weight is 373 g/mol. The molecule has 0 aliphatic heterocycles. The Morgan fingerprint density at radius 1 is 1.38 bits per heavy atom. The van der Waals surface area contributed by atoms with Crippen molar-refractivity contribution < 1.29 is 9.72 Å². The van der Waals surface area contributed by atoms with E-state index in [1.807, 2.05) is 11.8 Å². The summed E-state index contributed by atoms with van der Waals surface area (Å²) in [6.07, 6.45) is 6.26. The molecule has 114 valence electrons. The van der Waals surface area contributed by atoms with E-state index in [0.717, 1.165) is 25.7 Å². The second kappa shape index (κ2) is 7.26. The largest absolute Gasteiger partial charge is 0.349 e. The van der Waals surface area contributed by atoms with Gasteiger partial charge in [-0.15, -0.1) is 0 Å². The zero-order chi connectivity index (χ0) is 15.4. The van der Waals surface area contributed by atoms with Crippen LogP contribution in [0, 0.1) is 10.1 Å². The zero-order valence-corrected chi connectivity index (χ0v) is 14.1. The van der Waals surface area contributed by atoms with Crippen LogP contribution in [0.3, 0.4) is 0 Å². The summed E-state index contributed by atoms with van der Waals surface area (Å²) in [5.41, 5.74) is 0.241. The van der Waals surface area contributed by atoms with E-state index < -0.39 is 4.92 Å². The number of benzene rings is 1. The molecule has 7 heteroatoms. The molecule has 0 saturated heterocycles. The first-order valence-corrected chi connectivity index (χ1v) is 8.87. The Balaban J connectivity index is 2.01. The molecule has 0 heterocycles. The highest BCUT2D eigenvalue weighted by Crippen LogP contribution is 2.28. The maximum absolute atomic E-state index is 12.2. The third-order valence-corrected chi connectivity index (χ3v) is 5.56. The Bertz CT molecular complexity index is 545. The first-order chi connectivity index (χ1) is 10.0. The number of carbonyl (C=O) groups is 1.